The van der Waals surface area contributed by atoms with Gasteiger partial charge in [-0.15, -0.1) is 0 Å². The van der Waals surface area contributed by atoms with E-state index in [0.717, 1.165) is 106 Å². The van der Waals surface area contributed by atoms with E-state index in [2.05, 4.69) is 130 Å². The predicted molar refractivity (Wildman–Crippen MR) is 259 cm³/mol. The van der Waals surface area contributed by atoms with Crippen molar-refractivity contribution < 1.29 is 4.92 Å². The number of benzene rings is 5. The van der Waals surface area contributed by atoms with Gasteiger partial charge in [-0.2, -0.15) is 0 Å². The molecule has 0 radical (unpaired) electrons. The molecule has 0 saturated heterocycles. The number of nitro groups is 1. The molecule has 0 amide bonds. The van der Waals surface area contributed by atoms with Crippen LogP contribution in [-0.2, 0) is 0 Å². The Morgan fingerprint density at radius 1 is 0.438 bits per heavy atom. The number of hydrogen-bond acceptors (Lipinski definition) is 5. The van der Waals surface area contributed by atoms with Crippen molar-refractivity contribution in [1.82, 2.24) is 29.3 Å². The van der Waals surface area contributed by atoms with Crippen LogP contribution in [0, 0.1) is 10.1 Å². The number of hydrogen-bond donors (Lipinski definition) is 2. The van der Waals surface area contributed by atoms with E-state index < -0.39 is 0 Å². The molecule has 0 fully saturated rings. The van der Waals surface area contributed by atoms with Gasteiger partial charge in [0.05, 0.1) is 55.5 Å². The first-order valence-corrected chi connectivity index (χ1v) is 21.0. The number of non-ortho nitro benzene ring substituents is 1. The third-order valence-electron chi connectivity index (χ3n) is 12.0. The molecule has 302 valence electrons. The molecule has 5 aromatic heterocycles. The molecule has 0 atom stereocenters. The van der Waals surface area contributed by atoms with Crippen molar-refractivity contribution in [1.29, 1.82) is 0 Å². The minimum absolute atomic E-state index is 0.0149. The molecule has 8 bridgehead atoms. The van der Waals surface area contributed by atoms with Crippen molar-refractivity contribution in [3.8, 4) is 55.8 Å². The summed E-state index contributed by atoms with van der Waals surface area (Å²) in [5.74, 6) is 0. The minimum Gasteiger partial charge on any atom is -0.354 e. The van der Waals surface area contributed by atoms with Gasteiger partial charge in [-0.1, -0.05) is 121 Å². The Hall–Kier alpha value is -8.95. The maximum absolute atomic E-state index is 11.7. The molecule has 2 N–H and O–H groups in total. The molecule has 9 heteroatoms. The third kappa shape index (κ3) is 6.06. The summed E-state index contributed by atoms with van der Waals surface area (Å²) in [6, 6.07) is 56.3. The summed E-state index contributed by atoms with van der Waals surface area (Å²) < 4.78 is 2.17. The largest absolute Gasteiger partial charge is 0.354 e. The Bertz CT molecular complexity index is 3720. The SMILES string of the molecule is O=[N+]([O-])c1ccc(-c2nc3c4[nH]c(c(-c5ccccc5)c5nc(c(-c6ccccc6)c6ccc([nH]6)c(-c6ccccc6)c6nc(c4-c4ccccc4)C=C6)C=C5)c3n3cccc23)cc1. The average molecular weight is 826 g/mol. The van der Waals surface area contributed by atoms with E-state index in [1.165, 1.54) is 12.1 Å². The van der Waals surface area contributed by atoms with Crippen molar-refractivity contribution in [3.05, 3.63) is 209 Å². The van der Waals surface area contributed by atoms with Gasteiger partial charge < -0.3 is 14.4 Å². The number of aromatic amines is 2. The van der Waals surface area contributed by atoms with Gasteiger partial charge >= 0.3 is 0 Å². The molecule has 0 saturated carbocycles. The molecule has 9 nitrogen and oxygen atoms in total. The molecule has 0 unspecified atom stereocenters. The van der Waals surface area contributed by atoms with Crippen molar-refractivity contribution in [2.24, 2.45) is 0 Å². The molecular formula is C55H35N7O2. The summed E-state index contributed by atoms with van der Waals surface area (Å²) in [5.41, 5.74) is 18.2. The normalized spacial score (nSPS) is 12.1. The van der Waals surface area contributed by atoms with E-state index in [4.69, 9.17) is 15.0 Å². The van der Waals surface area contributed by atoms with E-state index in [-0.39, 0.29) is 10.6 Å². The summed E-state index contributed by atoms with van der Waals surface area (Å²) in [4.78, 5) is 35.8. The molecule has 5 aromatic carbocycles. The molecule has 64 heavy (non-hydrogen) atoms. The monoisotopic (exact) mass is 825 g/mol. The fraction of sp³-hybridized carbons (Fsp3) is 0. The van der Waals surface area contributed by atoms with E-state index in [1.807, 2.05) is 60.7 Å². The highest BCUT2D eigenvalue weighted by Crippen LogP contribution is 2.43. The second-order valence-corrected chi connectivity index (χ2v) is 15.8. The van der Waals surface area contributed by atoms with Crippen LogP contribution < -0.4 is 0 Å². The van der Waals surface area contributed by atoms with Crippen LogP contribution in [0.5, 0.6) is 0 Å². The lowest BCUT2D eigenvalue weighted by Crippen LogP contribution is -1.95. The Morgan fingerprint density at radius 3 is 1.38 bits per heavy atom. The highest BCUT2D eigenvalue weighted by molar-refractivity contribution is 6.15. The summed E-state index contributed by atoms with van der Waals surface area (Å²) in [7, 11) is 0. The van der Waals surface area contributed by atoms with Crippen molar-refractivity contribution in [2.75, 3.05) is 0 Å². The van der Waals surface area contributed by atoms with Gasteiger partial charge in [0.15, 0.2) is 0 Å². The second-order valence-electron chi connectivity index (χ2n) is 15.8. The maximum Gasteiger partial charge on any atom is 0.269 e. The van der Waals surface area contributed by atoms with Crippen molar-refractivity contribution >= 4 is 68.6 Å². The quantitative estimate of drug-likeness (QED) is 0.128. The van der Waals surface area contributed by atoms with Gasteiger partial charge in [0.1, 0.15) is 5.52 Å². The topological polar surface area (TPSA) is 118 Å². The zero-order valence-electron chi connectivity index (χ0n) is 34.1. The lowest BCUT2D eigenvalue weighted by atomic mass is 10.0. The fourth-order valence-corrected chi connectivity index (χ4v) is 9.19. The number of nitrogens with zero attached hydrogens (tertiary/aromatic N) is 5. The van der Waals surface area contributed by atoms with Gasteiger partial charge in [0, 0.05) is 57.2 Å². The van der Waals surface area contributed by atoms with E-state index in [0.29, 0.717) is 11.2 Å². The number of H-pyrrole nitrogens is 2. The van der Waals surface area contributed by atoms with Gasteiger partial charge in [0.25, 0.3) is 5.69 Å². The first kappa shape index (κ1) is 36.9. The van der Waals surface area contributed by atoms with E-state index in [9.17, 15) is 10.1 Å². The van der Waals surface area contributed by atoms with Crippen LogP contribution in [-0.4, -0.2) is 34.2 Å². The maximum atomic E-state index is 11.7. The van der Waals surface area contributed by atoms with Crippen molar-refractivity contribution in [2.45, 2.75) is 0 Å². The number of rotatable bonds is 6. The summed E-state index contributed by atoms with van der Waals surface area (Å²) in [6.45, 7) is 0. The summed E-state index contributed by atoms with van der Waals surface area (Å²) in [5, 5.41) is 11.7. The zero-order chi connectivity index (χ0) is 42.7. The molecular weight excluding hydrogens is 791 g/mol. The predicted octanol–water partition coefficient (Wildman–Crippen LogP) is 13.7. The Balaban J connectivity index is 1.34. The van der Waals surface area contributed by atoms with E-state index in [1.54, 1.807) is 12.1 Å². The van der Waals surface area contributed by atoms with E-state index >= 15 is 0 Å². The first-order valence-electron chi connectivity index (χ1n) is 21.0. The van der Waals surface area contributed by atoms with Crippen LogP contribution in [0.25, 0.3) is 119 Å². The Morgan fingerprint density at radius 2 is 0.891 bits per heavy atom. The lowest BCUT2D eigenvalue weighted by Gasteiger charge is -2.09. The molecule has 2 aliphatic heterocycles. The average Bonchev–Trinajstić information content (AvgIpc) is 4.21. The second kappa shape index (κ2) is 14.9. The number of nitrogens with one attached hydrogen (secondary N) is 2. The van der Waals surface area contributed by atoms with Crippen LogP contribution in [0.4, 0.5) is 5.69 Å². The standard InChI is InChI=1S/C55H35N7O2/c63-62(64)39-25-23-38(24-26-39)51-46-22-13-33-61(46)55-53-50(37-20-11-4-12-21-37)45-32-30-43(58-45)48(35-16-7-2-8-17-35)41-28-27-40(56-41)47(34-14-5-1-6-15-34)42-29-31-44(57-42)49(36-18-9-3-10-19-36)52(60-53)54(55)59-51/h1-33,56,60H. The molecule has 7 heterocycles. The molecule has 2 aliphatic rings. The van der Waals surface area contributed by atoms with Gasteiger partial charge in [-0.25, -0.2) is 15.0 Å². The highest BCUT2D eigenvalue weighted by atomic mass is 16.6. The summed E-state index contributed by atoms with van der Waals surface area (Å²) in [6.07, 6.45) is 10.5. The molecule has 0 aliphatic carbocycles. The molecule has 0 spiro atoms. The van der Waals surface area contributed by atoms with Gasteiger partial charge in [-0.05, 0) is 83.0 Å². The molecule has 12 rings (SSSR count). The van der Waals surface area contributed by atoms with Crippen LogP contribution in [0.1, 0.15) is 22.8 Å². The Kier molecular flexibility index (Phi) is 8.58. The zero-order valence-corrected chi connectivity index (χ0v) is 34.1. The van der Waals surface area contributed by atoms with Crippen LogP contribution in [0.2, 0.25) is 0 Å². The van der Waals surface area contributed by atoms with Crippen LogP contribution >= 0.6 is 0 Å². The summed E-state index contributed by atoms with van der Waals surface area (Å²) >= 11 is 0. The fourth-order valence-electron chi connectivity index (χ4n) is 9.19. The lowest BCUT2D eigenvalue weighted by molar-refractivity contribution is -0.384. The van der Waals surface area contributed by atoms with Gasteiger partial charge in [0.2, 0.25) is 0 Å². The van der Waals surface area contributed by atoms with Crippen molar-refractivity contribution in [3.63, 3.8) is 0 Å². The van der Waals surface area contributed by atoms with Gasteiger partial charge in [-0.3, -0.25) is 10.1 Å². The van der Waals surface area contributed by atoms with Crippen LogP contribution in [0.3, 0.4) is 0 Å². The Labute approximate surface area is 366 Å². The van der Waals surface area contributed by atoms with Crippen LogP contribution in [0.15, 0.2) is 176 Å². The number of aromatic nitrogens is 6. The number of fused-ring (bicyclic) bond motifs is 13. The molecule has 10 aromatic rings. The third-order valence-corrected chi connectivity index (χ3v) is 12.0. The highest BCUT2D eigenvalue weighted by Gasteiger charge is 2.24. The number of nitro benzene ring substituents is 1. The minimum atomic E-state index is -0.382. The first-order chi connectivity index (χ1) is 31.6. The smallest absolute Gasteiger partial charge is 0.269 e.